The van der Waals surface area contributed by atoms with Gasteiger partial charge in [-0.1, -0.05) is 6.58 Å². The highest BCUT2D eigenvalue weighted by molar-refractivity contribution is 8.23. The molecule has 3 heteroatoms. The zero-order chi connectivity index (χ0) is 4.28. The Labute approximate surface area is 37.4 Å². The van der Waals surface area contributed by atoms with E-state index in [2.05, 4.69) is 17.8 Å². The fourth-order valence-electron chi connectivity index (χ4n) is 0. The van der Waals surface area contributed by atoms with E-state index in [1.807, 2.05) is 0 Å². The zero-order valence-electron chi connectivity index (χ0n) is 2.55. The molecule has 0 amide bonds. The molecule has 0 heterocycles. The molecule has 0 spiro atoms. The first-order chi connectivity index (χ1) is 2.27. The predicted molar refractivity (Wildman–Crippen MR) is 27.1 cm³/mol. The summed E-state index contributed by atoms with van der Waals surface area (Å²) >= 11 is 4.17. The van der Waals surface area contributed by atoms with Crippen molar-refractivity contribution in [1.29, 1.82) is 0 Å². The van der Waals surface area contributed by atoms with E-state index in [1.165, 1.54) is 5.41 Å². The number of hydrogen-bond donors (Lipinski definition) is 1. The molecule has 0 fully saturated rings. The van der Waals surface area contributed by atoms with Crippen LogP contribution < -0.4 is 0 Å². The fourth-order valence-corrected chi connectivity index (χ4v) is 0. The maximum absolute atomic E-state index is 9.66. The summed E-state index contributed by atoms with van der Waals surface area (Å²) in [6, 6.07) is 0. The molecule has 0 N–H and O–H groups in total. The van der Waals surface area contributed by atoms with Crippen molar-refractivity contribution in [2.45, 2.75) is 0 Å². The van der Waals surface area contributed by atoms with Gasteiger partial charge in [-0.05, 0) is 16.6 Å². The topological polar surface area (TPSA) is 17.1 Å². The van der Waals surface area contributed by atoms with Crippen LogP contribution in [0.4, 0.5) is 0 Å². The molecule has 5 heavy (non-hydrogen) atoms. The Morgan fingerprint density at radius 3 is 2.20 bits per heavy atom. The molecule has 0 aliphatic heterocycles. The van der Waals surface area contributed by atoms with Gasteiger partial charge >= 0.3 is 0 Å². The first-order valence-electron chi connectivity index (χ1n) is 1.03. The van der Waals surface area contributed by atoms with E-state index in [0.29, 0.717) is 0 Å². The summed E-state index contributed by atoms with van der Waals surface area (Å²) in [5.74, 6) is 0. The fraction of sp³-hybridized carbons (Fsp3) is 0. The van der Waals surface area contributed by atoms with Crippen molar-refractivity contribution in [3.05, 3.63) is 12.0 Å². The minimum atomic E-state index is -1.50. The lowest BCUT2D eigenvalue weighted by molar-refractivity contribution is 0.697. The predicted octanol–water partition coefficient (Wildman–Crippen LogP) is 0.0728. The quantitative estimate of drug-likeness (QED) is 0.479. The van der Waals surface area contributed by atoms with Crippen molar-refractivity contribution in [3.8, 4) is 0 Å². The molecule has 0 saturated heterocycles. The van der Waals surface area contributed by atoms with Gasteiger partial charge in [0, 0.05) is 9.36 Å². The Bertz CT molecular complexity index is 83.8. The molecule has 0 aromatic rings. The van der Waals surface area contributed by atoms with Crippen LogP contribution in [0.5, 0.6) is 0 Å². The van der Waals surface area contributed by atoms with Crippen LogP contribution in [0.1, 0.15) is 0 Å². The highest BCUT2D eigenvalue weighted by atomic mass is 32.8. The van der Waals surface area contributed by atoms with Crippen LogP contribution in [0.25, 0.3) is 0 Å². The Kier molecular flexibility index (Phi) is 2.41. The molecule has 1 atom stereocenters. The summed E-state index contributed by atoms with van der Waals surface area (Å²) in [6.45, 7) is 3.17. The number of rotatable bonds is 1. The number of thiol groups is 1. The molecule has 0 aromatic heterocycles. The summed E-state index contributed by atoms with van der Waals surface area (Å²) < 4.78 is 9.66. The van der Waals surface area contributed by atoms with Gasteiger partial charge in [0.25, 0.3) is 0 Å². The van der Waals surface area contributed by atoms with Gasteiger partial charge in [-0.3, -0.25) is 4.21 Å². The minimum Gasteiger partial charge on any atom is -0.256 e. The maximum Gasteiger partial charge on any atom is 0.0406 e. The van der Waals surface area contributed by atoms with E-state index in [-0.39, 0.29) is 0 Å². The van der Waals surface area contributed by atoms with Gasteiger partial charge in [0.1, 0.15) is 0 Å². The molecule has 0 saturated carbocycles. The van der Waals surface area contributed by atoms with Crippen LogP contribution in [0.15, 0.2) is 12.0 Å². The SMILES string of the molecule is C=C[SH](=O)=S. The van der Waals surface area contributed by atoms with Crippen LogP contribution >= 0.6 is 0 Å². The van der Waals surface area contributed by atoms with Gasteiger partial charge in [-0.25, -0.2) is 0 Å². The lowest BCUT2D eigenvalue weighted by atomic mass is 11.3. The molecule has 0 aliphatic carbocycles. The van der Waals surface area contributed by atoms with Crippen molar-refractivity contribution in [3.63, 3.8) is 0 Å². The summed E-state index contributed by atoms with van der Waals surface area (Å²) in [5.41, 5.74) is 0. The van der Waals surface area contributed by atoms with Gasteiger partial charge < -0.3 is 0 Å². The third kappa shape index (κ3) is 4.11. The lowest BCUT2D eigenvalue weighted by Gasteiger charge is -1.53. The summed E-state index contributed by atoms with van der Waals surface area (Å²) in [5, 5.41) is 1.24. The van der Waals surface area contributed by atoms with Crippen LogP contribution in [0.2, 0.25) is 0 Å². The molecule has 1 unspecified atom stereocenters. The molecule has 1 nitrogen and oxygen atoms in total. The van der Waals surface area contributed by atoms with E-state index in [4.69, 9.17) is 0 Å². The smallest absolute Gasteiger partial charge is 0.0406 e. The Hall–Kier alpha value is 0.110. The monoisotopic (exact) mass is 108 g/mol. The van der Waals surface area contributed by atoms with Gasteiger partial charge in [-0.15, -0.1) is 0 Å². The highest BCUT2D eigenvalue weighted by Crippen LogP contribution is 1.55. The molecular weight excluding hydrogens is 104 g/mol. The van der Waals surface area contributed by atoms with E-state index >= 15 is 0 Å². The highest BCUT2D eigenvalue weighted by Gasteiger charge is 1.50. The molecule has 0 radical (unpaired) electrons. The first kappa shape index (κ1) is 5.11. The van der Waals surface area contributed by atoms with Gasteiger partial charge in [0.15, 0.2) is 0 Å². The van der Waals surface area contributed by atoms with Gasteiger partial charge in [0.2, 0.25) is 0 Å². The third-order valence-corrected chi connectivity index (χ3v) is 0.894. The van der Waals surface area contributed by atoms with Gasteiger partial charge in [0.05, 0.1) is 0 Å². The Balaban J connectivity index is 3.69. The van der Waals surface area contributed by atoms with Gasteiger partial charge in [-0.2, -0.15) is 0 Å². The molecule has 0 aliphatic rings. The molecule has 30 valence electrons. The third-order valence-electron chi connectivity index (χ3n) is 0.149. The van der Waals surface area contributed by atoms with E-state index in [1.54, 1.807) is 0 Å². The van der Waals surface area contributed by atoms with Crippen molar-refractivity contribution >= 4 is 20.5 Å². The summed E-state index contributed by atoms with van der Waals surface area (Å²) in [6.07, 6.45) is 0. The molecule has 0 rings (SSSR count). The van der Waals surface area contributed by atoms with E-state index < -0.39 is 9.36 Å². The lowest BCUT2D eigenvalue weighted by Crippen LogP contribution is -1.50. The van der Waals surface area contributed by atoms with E-state index in [9.17, 15) is 4.21 Å². The average Bonchev–Trinajstić information content (AvgIpc) is 1.38. The zero-order valence-corrected chi connectivity index (χ0v) is 4.26. The Morgan fingerprint density at radius 1 is 2.00 bits per heavy atom. The van der Waals surface area contributed by atoms with Crippen molar-refractivity contribution in [2.24, 2.45) is 0 Å². The van der Waals surface area contributed by atoms with Crippen LogP contribution in [0, 0.1) is 0 Å². The van der Waals surface area contributed by atoms with E-state index in [0.717, 1.165) is 0 Å². The largest absolute Gasteiger partial charge is 0.256 e. The molecular formula is C2H4OS2. The molecule has 0 bridgehead atoms. The minimum absolute atomic E-state index is 1.24. The van der Waals surface area contributed by atoms with Crippen molar-refractivity contribution in [2.75, 3.05) is 0 Å². The summed E-state index contributed by atoms with van der Waals surface area (Å²) in [7, 11) is -1.50. The number of hydrogen-bond acceptors (Lipinski definition) is 2. The van der Waals surface area contributed by atoms with Crippen LogP contribution in [-0.2, 0) is 20.5 Å². The average molecular weight is 108 g/mol. The Morgan fingerprint density at radius 2 is 2.20 bits per heavy atom. The first-order valence-corrected chi connectivity index (χ1v) is 3.37. The van der Waals surface area contributed by atoms with Crippen molar-refractivity contribution < 1.29 is 4.21 Å². The standard InChI is InChI=1S/C2H4OS2/c1-2-5(3)4/h2,5H,1H2. The van der Waals surface area contributed by atoms with Crippen LogP contribution in [-0.4, -0.2) is 4.21 Å². The van der Waals surface area contributed by atoms with Crippen LogP contribution in [0.3, 0.4) is 0 Å². The second-order valence-electron chi connectivity index (χ2n) is 0.468. The second-order valence-corrected chi connectivity index (χ2v) is 2.48. The maximum atomic E-state index is 9.66. The molecule has 0 aromatic carbocycles. The van der Waals surface area contributed by atoms with Crippen molar-refractivity contribution in [1.82, 2.24) is 0 Å². The normalized spacial score (nSPS) is 13.6. The summed E-state index contributed by atoms with van der Waals surface area (Å²) in [4.78, 5) is 0. The second kappa shape index (κ2) is 2.35.